The topological polar surface area (TPSA) is 103 Å². The number of pyridine rings is 3. The predicted octanol–water partition coefficient (Wildman–Crippen LogP) is 6.31. The van der Waals surface area contributed by atoms with Gasteiger partial charge in [0, 0.05) is 92.5 Å². The lowest BCUT2D eigenvalue weighted by Gasteiger charge is -2.34. The zero-order valence-electron chi connectivity index (χ0n) is 28.5. The third-order valence-corrected chi connectivity index (χ3v) is 9.90. The first-order chi connectivity index (χ1) is 24.5. The highest BCUT2D eigenvalue weighted by Crippen LogP contribution is 2.25. The van der Waals surface area contributed by atoms with Crippen molar-refractivity contribution in [2.45, 2.75) is 51.2 Å². The molecule has 2 aromatic carbocycles. The number of nitrogens with one attached hydrogen (secondary N) is 2. The average molecular weight is 666 g/mol. The van der Waals surface area contributed by atoms with Crippen molar-refractivity contribution < 1.29 is 9.59 Å². The molecule has 0 saturated carbocycles. The molecule has 9 nitrogen and oxygen atoms in total. The van der Waals surface area contributed by atoms with E-state index in [1.807, 2.05) is 79.1 Å². The number of carbonyl (C=O) groups excluding carboxylic acids is 2. The van der Waals surface area contributed by atoms with E-state index in [1.54, 1.807) is 18.6 Å². The molecule has 5 aromatic rings. The van der Waals surface area contributed by atoms with Gasteiger partial charge in [0.15, 0.2) is 0 Å². The molecule has 0 radical (unpaired) electrons. The van der Waals surface area contributed by atoms with E-state index in [1.165, 1.54) is 5.56 Å². The van der Waals surface area contributed by atoms with Gasteiger partial charge < -0.3 is 15.5 Å². The molecule has 3 aromatic heterocycles. The van der Waals surface area contributed by atoms with Crippen molar-refractivity contribution in [2.24, 2.45) is 0 Å². The van der Waals surface area contributed by atoms with Crippen molar-refractivity contribution in [1.82, 2.24) is 30.5 Å². The summed E-state index contributed by atoms with van der Waals surface area (Å²) in [5.41, 5.74) is 7.78. The smallest absolute Gasteiger partial charge is 0.251 e. The molecule has 0 aliphatic carbocycles. The van der Waals surface area contributed by atoms with Crippen molar-refractivity contribution in [3.8, 4) is 22.3 Å². The molecule has 2 saturated heterocycles. The van der Waals surface area contributed by atoms with E-state index in [9.17, 15) is 9.59 Å². The average Bonchev–Trinajstić information content (AvgIpc) is 3.17. The molecule has 2 amide bonds. The number of hydrogen-bond acceptors (Lipinski definition) is 7. The molecule has 2 aliphatic heterocycles. The monoisotopic (exact) mass is 665 g/mol. The van der Waals surface area contributed by atoms with Crippen LogP contribution < -0.4 is 15.5 Å². The van der Waals surface area contributed by atoms with E-state index in [4.69, 9.17) is 4.98 Å². The maximum absolute atomic E-state index is 13.2. The van der Waals surface area contributed by atoms with Crippen molar-refractivity contribution >= 4 is 17.6 Å². The first-order valence-electron chi connectivity index (χ1n) is 17.5. The molecule has 0 spiro atoms. The third kappa shape index (κ3) is 8.06. The highest BCUT2D eigenvalue weighted by Gasteiger charge is 2.24. The molecule has 0 atom stereocenters. The summed E-state index contributed by atoms with van der Waals surface area (Å²) in [6, 6.07) is 26.1. The molecule has 254 valence electrons. The van der Waals surface area contributed by atoms with Gasteiger partial charge in [0.2, 0.25) is 0 Å². The normalized spacial score (nSPS) is 15.8. The lowest BCUT2D eigenvalue weighted by molar-refractivity contribution is 0.0906. The van der Waals surface area contributed by atoms with Crippen molar-refractivity contribution in [1.29, 1.82) is 0 Å². The van der Waals surface area contributed by atoms with Crippen LogP contribution in [0.5, 0.6) is 0 Å². The number of anilines is 1. The van der Waals surface area contributed by atoms with E-state index in [2.05, 4.69) is 49.5 Å². The summed E-state index contributed by atoms with van der Waals surface area (Å²) < 4.78 is 0. The molecule has 2 fully saturated rings. The van der Waals surface area contributed by atoms with Gasteiger partial charge in [-0.2, -0.15) is 0 Å². The SMILES string of the molecule is Cc1ccc(C(=O)NC2CCN(Cc3ccc(N4CCC(NC(=O)c5cccc(-c6cccnc6)c5)CC4)nc3)CC2)cc1-c1ccncc1. The number of benzene rings is 2. The second-order valence-electron chi connectivity index (χ2n) is 13.4. The van der Waals surface area contributed by atoms with Crippen molar-refractivity contribution in [3.05, 3.63) is 132 Å². The van der Waals surface area contributed by atoms with Crippen LogP contribution in [0.3, 0.4) is 0 Å². The molecule has 50 heavy (non-hydrogen) atoms. The fourth-order valence-corrected chi connectivity index (χ4v) is 6.96. The van der Waals surface area contributed by atoms with Crippen LogP contribution in [0.2, 0.25) is 0 Å². The molecule has 2 N–H and O–H groups in total. The Labute approximate surface area is 293 Å². The minimum Gasteiger partial charge on any atom is -0.356 e. The quantitative estimate of drug-likeness (QED) is 0.190. The number of hydrogen-bond donors (Lipinski definition) is 2. The number of aryl methyl sites for hydroxylation is 1. The van der Waals surface area contributed by atoms with Crippen LogP contribution in [0.4, 0.5) is 5.82 Å². The van der Waals surface area contributed by atoms with Gasteiger partial charge in [-0.15, -0.1) is 0 Å². The second-order valence-corrected chi connectivity index (χ2v) is 13.4. The Morgan fingerprint density at radius 1 is 0.680 bits per heavy atom. The van der Waals surface area contributed by atoms with Crippen LogP contribution in [0.1, 0.15) is 57.5 Å². The van der Waals surface area contributed by atoms with Gasteiger partial charge in [0.1, 0.15) is 5.82 Å². The van der Waals surface area contributed by atoms with Crippen LogP contribution in [0, 0.1) is 6.92 Å². The van der Waals surface area contributed by atoms with Gasteiger partial charge in [-0.25, -0.2) is 4.98 Å². The maximum atomic E-state index is 13.2. The fraction of sp³-hybridized carbons (Fsp3) is 0.293. The Balaban J connectivity index is 0.847. The number of aromatic nitrogens is 3. The second kappa shape index (κ2) is 15.4. The lowest BCUT2D eigenvalue weighted by Crippen LogP contribution is -2.45. The van der Waals surface area contributed by atoms with Gasteiger partial charge >= 0.3 is 0 Å². The van der Waals surface area contributed by atoms with E-state index in [0.717, 1.165) is 92.0 Å². The Kier molecular flexibility index (Phi) is 10.2. The summed E-state index contributed by atoms with van der Waals surface area (Å²) in [5.74, 6) is 0.925. The lowest BCUT2D eigenvalue weighted by atomic mass is 9.98. The Morgan fingerprint density at radius 3 is 2.06 bits per heavy atom. The van der Waals surface area contributed by atoms with Gasteiger partial charge in [0.05, 0.1) is 0 Å². The minimum absolute atomic E-state index is 0.0171. The van der Waals surface area contributed by atoms with Gasteiger partial charge in [-0.05, 0) is 109 Å². The highest BCUT2D eigenvalue weighted by molar-refractivity contribution is 5.96. The zero-order valence-corrected chi connectivity index (χ0v) is 28.5. The summed E-state index contributed by atoms with van der Waals surface area (Å²) in [6.45, 7) is 6.46. The van der Waals surface area contributed by atoms with Crippen LogP contribution in [-0.2, 0) is 6.54 Å². The van der Waals surface area contributed by atoms with E-state index >= 15 is 0 Å². The third-order valence-electron chi connectivity index (χ3n) is 9.90. The standard InChI is InChI=1S/C41H43N7O2/c1-29-7-9-34(25-38(29)31-11-18-42-19-12-31)41(50)45-36-13-20-47(21-14-36)28-30-8-10-39(44-26-30)48-22-15-37(16-23-48)46-40(49)33-5-2-4-32(24-33)35-6-3-17-43-27-35/h2-12,17-19,24-27,36-37H,13-16,20-23,28H2,1H3,(H,45,50)(H,46,49). The largest absolute Gasteiger partial charge is 0.356 e. The molecule has 7 rings (SSSR count). The molecule has 5 heterocycles. The molecule has 9 heteroatoms. The Hall–Kier alpha value is -5.41. The molecular formula is C41H43N7O2. The molecular weight excluding hydrogens is 622 g/mol. The van der Waals surface area contributed by atoms with Gasteiger partial charge in [-0.1, -0.05) is 30.3 Å². The van der Waals surface area contributed by atoms with E-state index in [-0.39, 0.29) is 23.9 Å². The summed E-state index contributed by atoms with van der Waals surface area (Å²) in [7, 11) is 0. The number of carbonyl (C=O) groups is 2. The number of rotatable bonds is 9. The molecule has 0 bridgehead atoms. The van der Waals surface area contributed by atoms with Crippen molar-refractivity contribution in [2.75, 3.05) is 31.1 Å². The Bertz CT molecular complexity index is 1900. The van der Waals surface area contributed by atoms with Crippen molar-refractivity contribution in [3.63, 3.8) is 0 Å². The van der Waals surface area contributed by atoms with Gasteiger partial charge in [0.25, 0.3) is 11.8 Å². The first kappa shape index (κ1) is 33.1. The van der Waals surface area contributed by atoms with E-state index in [0.29, 0.717) is 11.1 Å². The first-order valence-corrected chi connectivity index (χ1v) is 17.5. The number of amides is 2. The van der Waals surface area contributed by atoms with Crippen LogP contribution in [0.25, 0.3) is 22.3 Å². The number of piperidine rings is 2. The molecule has 2 aliphatic rings. The minimum atomic E-state index is -0.0371. The maximum Gasteiger partial charge on any atom is 0.251 e. The van der Waals surface area contributed by atoms with Crippen LogP contribution in [0.15, 0.2) is 110 Å². The number of likely N-dealkylation sites (tertiary alicyclic amines) is 1. The van der Waals surface area contributed by atoms with Gasteiger partial charge in [-0.3, -0.25) is 24.5 Å². The summed E-state index contributed by atoms with van der Waals surface area (Å²) in [5, 5.41) is 6.51. The highest BCUT2D eigenvalue weighted by atomic mass is 16.2. The van der Waals surface area contributed by atoms with E-state index < -0.39 is 0 Å². The van der Waals surface area contributed by atoms with Crippen LogP contribution in [-0.4, -0.2) is 69.9 Å². The molecule has 0 unspecified atom stereocenters. The number of nitrogens with zero attached hydrogens (tertiary/aromatic N) is 5. The summed E-state index contributed by atoms with van der Waals surface area (Å²) >= 11 is 0. The fourth-order valence-electron chi connectivity index (χ4n) is 6.96. The Morgan fingerprint density at radius 2 is 1.38 bits per heavy atom. The summed E-state index contributed by atoms with van der Waals surface area (Å²) in [6.07, 6.45) is 12.7. The predicted molar refractivity (Wildman–Crippen MR) is 197 cm³/mol. The van der Waals surface area contributed by atoms with Crippen LogP contribution >= 0.6 is 0 Å². The zero-order chi connectivity index (χ0) is 34.3. The summed E-state index contributed by atoms with van der Waals surface area (Å²) in [4.78, 5) is 44.1.